The van der Waals surface area contributed by atoms with Crippen LogP contribution in [0.5, 0.6) is 0 Å². The fraction of sp³-hybridized carbons (Fsp3) is 0.438. The van der Waals surface area contributed by atoms with Gasteiger partial charge in [0.15, 0.2) is 0 Å². The normalized spacial score (nSPS) is 20.0. The van der Waals surface area contributed by atoms with Crippen LogP contribution in [0.1, 0.15) is 18.5 Å². The smallest absolute Gasteiger partial charge is 0.370 e. The largest absolute Gasteiger partial charge is 0.393 e. The molecule has 5 heteroatoms. The highest BCUT2D eigenvalue weighted by Gasteiger charge is 2.42. The zero-order valence-electron chi connectivity index (χ0n) is 11.8. The molecule has 0 spiro atoms. The Morgan fingerprint density at radius 1 is 1.24 bits per heavy atom. The molecule has 1 aromatic heterocycles. The molecule has 21 heavy (non-hydrogen) atoms. The summed E-state index contributed by atoms with van der Waals surface area (Å²) in [5.74, 6) is -1.24. The second-order valence-electron chi connectivity index (χ2n) is 5.63. The van der Waals surface area contributed by atoms with Crippen LogP contribution in [0.4, 0.5) is 18.9 Å². The summed E-state index contributed by atoms with van der Waals surface area (Å²) in [7, 11) is 0. The number of aryl methyl sites for hydroxylation is 1. The number of alkyl halides is 3. The Labute approximate surface area is 121 Å². The maximum absolute atomic E-state index is 13.0. The predicted octanol–water partition coefficient (Wildman–Crippen LogP) is 4.32. The molecule has 2 aromatic rings. The third kappa shape index (κ3) is 2.82. The van der Waals surface area contributed by atoms with Gasteiger partial charge in [0.1, 0.15) is 0 Å². The van der Waals surface area contributed by atoms with Crippen LogP contribution in [0.3, 0.4) is 0 Å². The minimum absolute atomic E-state index is 0.0386. The van der Waals surface area contributed by atoms with Crippen molar-refractivity contribution in [3.05, 3.63) is 36.0 Å². The van der Waals surface area contributed by atoms with Gasteiger partial charge >= 0.3 is 6.18 Å². The van der Waals surface area contributed by atoms with Crippen molar-refractivity contribution in [1.82, 2.24) is 4.98 Å². The van der Waals surface area contributed by atoms with E-state index in [1.54, 1.807) is 0 Å². The lowest BCUT2D eigenvalue weighted by Gasteiger charge is -2.36. The van der Waals surface area contributed by atoms with E-state index >= 15 is 0 Å². The first-order chi connectivity index (χ1) is 9.95. The van der Waals surface area contributed by atoms with Gasteiger partial charge in [0.25, 0.3) is 0 Å². The topological polar surface area (TPSA) is 16.1 Å². The van der Waals surface area contributed by atoms with Crippen LogP contribution in [0.25, 0.3) is 10.9 Å². The number of benzene rings is 1. The second kappa shape index (κ2) is 5.20. The van der Waals surface area contributed by atoms with Gasteiger partial charge in [-0.1, -0.05) is 18.2 Å². The van der Waals surface area contributed by atoms with Crippen molar-refractivity contribution >= 4 is 16.6 Å². The molecule has 0 saturated carbocycles. The number of pyridine rings is 1. The van der Waals surface area contributed by atoms with Crippen molar-refractivity contribution < 1.29 is 13.2 Å². The molecule has 1 fully saturated rings. The molecule has 0 bridgehead atoms. The highest BCUT2D eigenvalue weighted by molar-refractivity contribution is 5.92. The molecule has 1 aliphatic heterocycles. The van der Waals surface area contributed by atoms with Gasteiger partial charge in [-0.2, -0.15) is 13.2 Å². The summed E-state index contributed by atoms with van der Waals surface area (Å²) in [5.41, 5.74) is 2.53. The molecule has 2 nitrogen and oxygen atoms in total. The van der Waals surface area contributed by atoms with Crippen molar-refractivity contribution in [3.8, 4) is 0 Å². The number of aromatic nitrogens is 1. The van der Waals surface area contributed by atoms with Gasteiger partial charge in [0, 0.05) is 29.9 Å². The summed E-state index contributed by atoms with van der Waals surface area (Å²) in [5, 5.41) is 0.922. The SMILES string of the molecule is Cc1cc(N2CCCC(C(F)(F)F)C2)c2ccccc2n1. The van der Waals surface area contributed by atoms with Crippen molar-refractivity contribution in [2.24, 2.45) is 5.92 Å². The average molecular weight is 294 g/mol. The van der Waals surface area contributed by atoms with E-state index in [0.29, 0.717) is 13.0 Å². The Bertz CT molecular complexity index is 652. The predicted molar refractivity (Wildman–Crippen MR) is 77.5 cm³/mol. The van der Waals surface area contributed by atoms with E-state index in [1.165, 1.54) is 0 Å². The van der Waals surface area contributed by atoms with Gasteiger partial charge in [0.2, 0.25) is 0 Å². The second-order valence-corrected chi connectivity index (χ2v) is 5.63. The summed E-state index contributed by atoms with van der Waals surface area (Å²) in [6, 6.07) is 9.51. The Morgan fingerprint density at radius 3 is 2.76 bits per heavy atom. The summed E-state index contributed by atoms with van der Waals surface area (Å²) < 4.78 is 39.0. The van der Waals surface area contributed by atoms with E-state index in [4.69, 9.17) is 0 Å². The molecule has 1 aliphatic rings. The van der Waals surface area contributed by atoms with Crippen LogP contribution in [-0.4, -0.2) is 24.2 Å². The lowest BCUT2D eigenvalue weighted by molar-refractivity contribution is -0.175. The number of rotatable bonds is 1. The minimum atomic E-state index is -4.11. The quantitative estimate of drug-likeness (QED) is 0.778. The van der Waals surface area contributed by atoms with Gasteiger partial charge in [-0.15, -0.1) is 0 Å². The third-order valence-electron chi connectivity index (χ3n) is 4.05. The summed E-state index contributed by atoms with van der Waals surface area (Å²) in [4.78, 5) is 6.31. The molecule has 0 radical (unpaired) electrons. The Kier molecular flexibility index (Phi) is 3.51. The minimum Gasteiger partial charge on any atom is -0.370 e. The summed E-state index contributed by atoms with van der Waals surface area (Å²) in [6.07, 6.45) is -3.32. The van der Waals surface area contributed by atoms with E-state index in [1.807, 2.05) is 42.2 Å². The Balaban J connectivity index is 2.00. The maximum atomic E-state index is 13.0. The maximum Gasteiger partial charge on any atom is 0.393 e. The average Bonchev–Trinajstić information content (AvgIpc) is 2.45. The van der Waals surface area contributed by atoms with Crippen molar-refractivity contribution in [1.29, 1.82) is 0 Å². The van der Waals surface area contributed by atoms with E-state index in [0.717, 1.165) is 22.3 Å². The first-order valence-corrected chi connectivity index (χ1v) is 7.13. The zero-order valence-corrected chi connectivity index (χ0v) is 11.8. The van der Waals surface area contributed by atoms with E-state index in [-0.39, 0.29) is 13.0 Å². The van der Waals surface area contributed by atoms with Gasteiger partial charge in [-0.3, -0.25) is 4.98 Å². The zero-order chi connectivity index (χ0) is 15.0. The molecule has 1 atom stereocenters. The number of hydrogen-bond acceptors (Lipinski definition) is 2. The van der Waals surface area contributed by atoms with Gasteiger partial charge in [-0.05, 0) is 31.9 Å². The number of halogens is 3. The number of piperidine rings is 1. The lowest BCUT2D eigenvalue weighted by Crippen LogP contribution is -2.41. The fourth-order valence-corrected chi connectivity index (χ4v) is 3.01. The monoisotopic (exact) mass is 294 g/mol. The van der Waals surface area contributed by atoms with Crippen LogP contribution in [-0.2, 0) is 0 Å². The molecule has 0 N–H and O–H groups in total. The summed E-state index contributed by atoms with van der Waals surface area (Å²) in [6.45, 7) is 2.58. The van der Waals surface area contributed by atoms with Gasteiger partial charge in [-0.25, -0.2) is 0 Å². The number of para-hydroxylation sites is 1. The molecule has 2 heterocycles. The Morgan fingerprint density at radius 2 is 2.00 bits per heavy atom. The molecule has 1 aromatic carbocycles. The first kappa shape index (κ1) is 14.2. The van der Waals surface area contributed by atoms with Gasteiger partial charge < -0.3 is 4.90 Å². The molecular formula is C16H17F3N2. The van der Waals surface area contributed by atoms with Crippen LogP contribution in [0, 0.1) is 12.8 Å². The third-order valence-corrected chi connectivity index (χ3v) is 4.05. The summed E-state index contributed by atoms with van der Waals surface area (Å²) >= 11 is 0. The molecular weight excluding hydrogens is 277 g/mol. The highest BCUT2D eigenvalue weighted by Crippen LogP contribution is 2.36. The Hall–Kier alpha value is -1.78. The molecule has 0 aliphatic carbocycles. The lowest BCUT2D eigenvalue weighted by atomic mass is 9.96. The van der Waals surface area contributed by atoms with Crippen LogP contribution in [0.2, 0.25) is 0 Å². The van der Waals surface area contributed by atoms with Crippen molar-refractivity contribution in [2.75, 3.05) is 18.0 Å². The van der Waals surface area contributed by atoms with E-state index in [9.17, 15) is 13.2 Å². The van der Waals surface area contributed by atoms with Crippen molar-refractivity contribution in [2.45, 2.75) is 25.9 Å². The molecule has 3 rings (SSSR count). The van der Waals surface area contributed by atoms with Crippen molar-refractivity contribution in [3.63, 3.8) is 0 Å². The molecule has 1 saturated heterocycles. The number of hydrogen-bond donors (Lipinski definition) is 0. The fourth-order valence-electron chi connectivity index (χ4n) is 3.01. The van der Waals surface area contributed by atoms with Crippen LogP contribution < -0.4 is 4.90 Å². The number of anilines is 1. The van der Waals surface area contributed by atoms with E-state index < -0.39 is 12.1 Å². The van der Waals surface area contributed by atoms with Crippen LogP contribution in [0.15, 0.2) is 30.3 Å². The number of fused-ring (bicyclic) bond motifs is 1. The standard InChI is InChI=1S/C16H17F3N2/c1-11-9-15(13-6-2-3-7-14(13)20-11)21-8-4-5-12(10-21)16(17,18)19/h2-3,6-7,9,12H,4-5,8,10H2,1H3. The number of nitrogens with zero attached hydrogens (tertiary/aromatic N) is 2. The molecule has 0 amide bonds. The first-order valence-electron chi connectivity index (χ1n) is 7.13. The molecule has 112 valence electrons. The van der Waals surface area contributed by atoms with Crippen LogP contribution >= 0.6 is 0 Å². The van der Waals surface area contributed by atoms with Gasteiger partial charge in [0.05, 0.1) is 11.4 Å². The highest BCUT2D eigenvalue weighted by atomic mass is 19.4. The van der Waals surface area contributed by atoms with E-state index in [2.05, 4.69) is 4.98 Å². The molecule has 1 unspecified atom stereocenters.